The highest BCUT2D eigenvalue weighted by atomic mass is 79.9. The maximum atomic E-state index is 10.7. The van der Waals surface area contributed by atoms with Crippen molar-refractivity contribution >= 4 is 39.7 Å². The number of halogens is 1. The van der Waals surface area contributed by atoms with Gasteiger partial charge >= 0.3 is 0 Å². The van der Waals surface area contributed by atoms with Crippen LogP contribution in [-0.2, 0) is 5.75 Å². The average Bonchev–Trinajstić information content (AvgIpc) is 2.46. The molecule has 0 saturated heterocycles. The number of nitro groups is 1. The lowest BCUT2D eigenvalue weighted by Gasteiger charge is -2.05. The number of carbonyl (C=O) groups excluding carboxylic acids is 1. The number of non-ortho nitro benzene ring substituents is 1. The Kier molecular flexibility index (Phi) is 4.92. The molecular weight excluding hydrogens is 342 g/mol. The zero-order valence-electron chi connectivity index (χ0n) is 10.3. The molecule has 0 aliphatic heterocycles. The van der Waals surface area contributed by atoms with Gasteiger partial charge in [0.1, 0.15) is 6.29 Å². The number of hydrogen-bond donors (Lipinski definition) is 0. The summed E-state index contributed by atoms with van der Waals surface area (Å²) in [6, 6.07) is 12.0. The Bertz CT molecular complexity index is 643. The van der Waals surface area contributed by atoms with Gasteiger partial charge in [-0.05, 0) is 17.7 Å². The molecule has 0 amide bonds. The van der Waals surface area contributed by atoms with Gasteiger partial charge in [0.2, 0.25) is 0 Å². The third-order valence-corrected chi connectivity index (χ3v) is 4.46. The Morgan fingerprint density at radius 1 is 1.20 bits per heavy atom. The summed E-state index contributed by atoms with van der Waals surface area (Å²) in [6.45, 7) is 0. The minimum Gasteiger partial charge on any atom is -0.298 e. The molecule has 0 saturated carbocycles. The number of hydrogen-bond acceptors (Lipinski definition) is 4. The van der Waals surface area contributed by atoms with Crippen molar-refractivity contribution in [3.05, 3.63) is 68.2 Å². The van der Waals surface area contributed by atoms with Crippen LogP contribution in [0.1, 0.15) is 15.9 Å². The maximum Gasteiger partial charge on any atom is 0.270 e. The van der Waals surface area contributed by atoms with Gasteiger partial charge in [0.05, 0.1) is 4.92 Å². The Morgan fingerprint density at radius 2 is 1.90 bits per heavy atom. The van der Waals surface area contributed by atoms with Crippen molar-refractivity contribution in [1.82, 2.24) is 0 Å². The van der Waals surface area contributed by atoms with Crippen LogP contribution in [0.15, 0.2) is 51.8 Å². The Balaban J connectivity index is 2.06. The first-order chi connectivity index (χ1) is 9.60. The van der Waals surface area contributed by atoms with E-state index < -0.39 is 4.92 Å². The van der Waals surface area contributed by atoms with E-state index in [2.05, 4.69) is 15.9 Å². The van der Waals surface area contributed by atoms with E-state index >= 15 is 0 Å². The van der Waals surface area contributed by atoms with Crippen molar-refractivity contribution < 1.29 is 9.72 Å². The second kappa shape index (κ2) is 6.67. The molecule has 102 valence electrons. The first kappa shape index (κ1) is 14.7. The van der Waals surface area contributed by atoms with Gasteiger partial charge in [-0.3, -0.25) is 14.9 Å². The van der Waals surface area contributed by atoms with E-state index in [0.717, 1.165) is 21.2 Å². The summed E-state index contributed by atoms with van der Waals surface area (Å²) in [5, 5.41) is 10.7. The number of aldehydes is 1. The molecular formula is C14H10BrNO3S. The minimum absolute atomic E-state index is 0.0703. The summed E-state index contributed by atoms with van der Waals surface area (Å²) in [7, 11) is 0. The maximum absolute atomic E-state index is 10.7. The fraction of sp³-hybridized carbons (Fsp3) is 0.0714. The number of benzene rings is 2. The van der Waals surface area contributed by atoms with Crippen LogP contribution in [0.5, 0.6) is 0 Å². The Morgan fingerprint density at radius 3 is 2.45 bits per heavy atom. The predicted molar refractivity (Wildman–Crippen MR) is 82.2 cm³/mol. The summed E-state index contributed by atoms with van der Waals surface area (Å²) in [4.78, 5) is 21.8. The Hall–Kier alpha value is -1.66. The average molecular weight is 352 g/mol. The van der Waals surface area contributed by atoms with Gasteiger partial charge in [0.15, 0.2) is 0 Å². The third kappa shape index (κ3) is 3.68. The smallest absolute Gasteiger partial charge is 0.270 e. The fourth-order valence-corrected chi connectivity index (χ4v) is 3.17. The minimum atomic E-state index is -0.417. The zero-order chi connectivity index (χ0) is 14.5. The van der Waals surface area contributed by atoms with Gasteiger partial charge in [-0.25, -0.2) is 0 Å². The second-order valence-corrected chi connectivity index (χ2v) is 5.91. The van der Waals surface area contributed by atoms with Crippen molar-refractivity contribution in [2.75, 3.05) is 0 Å². The lowest BCUT2D eigenvalue weighted by molar-refractivity contribution is -0.384. The molecule has 2 rings (SSSR count). The lowest BCUT2D eigenvalue weighted by Crippen LogP contribution is -1.90. The van der Waals surface area contributed by atoms with E-state index in [4.69, 9.17) is 0 Å². The standard InChI is InChI=1S/C14H10BrNO3S/c15-14-7-12(16(18)19)4-3-11(14)9-20-13-5-1-10(8-17)2-6-13/h1-8H,9H2. The van der Waals surface area contributed by atoms with Gasteiger partial charge in [0, 0.05) is 32.8 Å². The SMILES string of the molecule is O=Cc1ccc(SCc2ccc([N+](=O)[O-])cc2Br)cc1. The molecule has 2 aromatic rings. The van der Waals surface area contributed by atoms with E-state index in [1.54, 1.807) is 30.0 Å². The lowest BCUT2D eigenvalue weighted by atomic mass is 10.2. The summed E-state index contributed by atoms with van der Waals surface area (Å²) in [6.07, 6.45) is 0.807. The third-order valence-electron chi connectivity index (χ3n) is 2.66. The van der Waals surface area contributed by atoms with Crippen molar-refractivity contribution in [2.45, 2.75) is 10.6 Å². The molecule has 2 aromatic carbocycles. The van der Waals surface area contributed by atoms with E-state index in [9.17, 15) is 14.9 Å². The number of nitrogens with zero attached hydrogens (tertiary/aromatic N) is 1. The van der Waals surface area contributed by atoms with Crippen LogP contribution >= 0.6 is 27.7 Å². The molecule has 0 spiro atoms. The van der Waals surface area contributed by atoms with Crippen molar-refractivity contribution in [1.29, 1.82) is 0 Å². The highest BCUT2D eigenvalue weighted by Crippen LogP contribution is 2.29. The summed E-state index contributed by atoms with van der Waals surface area (Å²) in [5.74, 6) is 0.693. The highest BCUT2D eigenvalue weighted by Gasteiger charge is 2.09. The number of thioether (sulfide) groups is 1. The van der Waals surface area contributed by atoms with Gasteiger partial charge in [-0.15, -0.1) is 11.8 Å². The van der Waals surface area contributed by atoms with Crippen LogP contribution in [0.25, 0.3) is 0 Å². The first-order valence-electron chi connectivity index (χ1n) is 5.71. The van der Waals surface area contributed by atoms with Gasteiger partial charge in [-0.2, -0.15) is 0 Å². The molecule has 0 aromatic heterocycles. The quantitative estimate of drug-likeness (QED) is 0.345. The van der Waals surface area contributed by atoms with E-state index in [-0.39, 0.29) is 5.69 Å². The van der Waals surface area contributed by atoms with Crippen LogP contribution in [0.2, 0.25) is 0 Å². The highest BCUT2D eigenvalue weighted by molar-refractivity contribution is 9.10. The van der Waals surface area contributed by atoms with Crippen LogP contribution in [0.4, 0.5) is 5.69 Å². The van der Waals surface area contributed by atoms with E-state index in [1.807, 2.05) is 12.1 Å². The van der Waals surface area contributed by atoms with Crippen molar-refractivity contribution in [2.24, 2.45) is 0 Å². The monoisotopic (exact) mass is 351 g/mol. The number of carbonyl (C=O) groups is 1. The largest absolute Gasteiger partial charge is 0.298 e. The first-order valence-corrected chi connectivity index (χ1v) is 7.49. The Labute approximate surface area is 128 Å². The summed E-state index contributed by atoms with van der Waals surface area (Å²) < 4.78 is 0.726. The normalized spacial score (nSPS) is 10.2. The topological polar surface area (TPSA) is 60.2 Å². The molecule has 0 unspecified atom stereocenters. The van der Waals surface area contributed by atoms with Crippen LogP contribution < -0.4 is 0 Å². The molecule has 0 N–H and O–H groups in total. The second-order valence-electron chi connectivity index (χ2n) is 4.01. The molecule has 0 radical (unpaired) electrons. The summed E-state index contributed by atoms with van der Waals surface area (Å²) in [5.41, 5.74) is 1.70. The molecule has 0 atom stereocenters. The van der Waals surface area contributed by atoms with Crippen LogP contribution in [0.3, 0.4) is 0 Å². The summed E-state index contributed by atoms with van der Waals surface area (Å²) >= 11 is 4.95. The molecule has 6 heteroatoms. The fourth-order valence-electron chi connectivity index (χ4n) is 1.57. The zero-order valence-corrected chi connectivity index (χ0v) is 12.7. The molecule has 0 bridgehead atoms. The molecule has 0 heterocycles. The molecule has 0 fully saturated rings. The molecule has 0 aliphatic carbocycles. The van der Waals surface area contributed by atoms with Gasteiger partial charge in [-0.1, -0.05) is 34.1 Å². The number of nitro benzene ring substituents is 1. The molecule has 0 aliphatic rings. The van der Waals surface area contributed by atoms with Crippen LogP contribution in [-0.4, -0.2) is 11.2 Å². The van der Waals surface area contributed by atoms with E-state index in [0.29, 0.717) is 11.3 Å². The van der Waals surface area contributed by atoms with E-state index in [1.165, 1.54) is 12.1 Å². The van der Waals surface area contributed by atoms with Crippen LogP contribution in [0, 0.1) is 10.1 Å². The molecule has 4 nitrogen and oxygen atoms in total. The number of rotatable bonds is 5. The van der Waals surface area contributed by atoms with Gasteiger partial charge < -0.3 is 0 Å². The van der Waals surface area contributed by atoms with Crippen molar-refractivity contribution in [3.63, 3.8) is 0 Å². The molecule has 20 heavy (non-hydrogen) atoms. The van der Waals surface area contributed by atoms with Crippen molar-refractivity contribution in [3.8, 4) is 0 Å². The predicted octanol–water partition coefficient (Wildman–Crippen LogP) is 4.46. The van der Waals surface area contributed by atoms with Gasteiger partial charge in [0.25, 0.3) is 5.69 Å².